The lowest BCUT2D eigenvalue weighted by Crippen LogP contribution is -1.88. The number of hydrogen-bond donors (Lipinski definition) is 0. The first-order chi connectivity index (χ1) is 9.20. The third-order valence-corrected chi connectivity index (χ3v) is 4.55. The largest absolute Gasteiger partial charge is 0.335 e. The van der Waals surface area contributed by atoms with Gasteiger partial charge in [-0.1, -0.05) is 23.5 Å². The van der Waals surface area contributed by atoms with Gasteiger partial charge in [-0.15, -0.1) is 11.3 Å². The highest BCUT2D eigenvalue weighted by Gasteiger charge is 2.25. The number of fused-ring (bicyclic) bond motifs is 1. The first-order valence-electron chi connectivity index (χ1n) is 5.22. The molecule has 3 rings (SSSR count). The first-order valence-corrected chi connectivity index (χ1v) is 6.92. The molecule has 7 heteroatoms. The van der Waals surface area contributed by atoms with Crippen molar-refractivity contribution in [1.82, 2.24) is 4.98 Å². The van der Waals surface area contributed by atoms with Gasteiger partial charge in [-0.2, -0.15) is 5.26 Å². The highest BCUT2D eigenvalue weighted by Crippen LogP contribution is 2.41. The topological polar surface area (TPSA) is 79.8 Å². The fourth-order valence-corrected chi connectivity index (χ4v) is 3.65. The van der Waals surface area contributed by atoms with Crippen LogP contribution in [0.1, 0.15) is 5.56 Å². The molecule has 0 unspecified atom stereocenters. The molecule has 0 aliphatic rings. The van der Waals surface area contributed by atoms with Crippen LogP contribution in [0, 0.1) is 21.4 Å². The van der Waals surface area contributed by atoms with E-state index in [0.29, 0.717) is 16.1 Å². The normalized spacial score (nSPS) is 10.5. The van der Waals surface area contributed by atoms with E-state index < -0.39 is 4.92 Å². The Morgan fingerprint density at radius 3 is 2.84 bits per heavy atom. The van der Waals surface area contributed by atoms with Gasteiger partial charge in [0.2, 0.25) is 0 Å². The Kier molecular flexibility index (Phi) is 2.74. The second kappa shape index (κ2) is 4.42. The summed E-state index contributed by atoms with van der Waals surface area (Å²) in [6, 6.07) is 9.48. The molecule has 0 spiro atoms. The van der Waals surface area contributed by atoms with Crippen LogP contribution >= 0.6 is 22.7 Å². The van der Waals surface area contributed by atoms with E-state index in [-0.39, 0.29) is 5.00 Å². The van der Waals surface area contributed by atoms with Crippen molar-refractivity contribution >= 4 is 37.9 Å². The second-order valence-corrected chi connectivity index (χ2v) is 5.57. The molecule has 0 radical (unpaired) electrons. The summed E-state index contributed by atoms with van der Waals surface area (Å²) in [6.45, 7) is 0. The van der Waals surface area contributed by atoms with E-state index in [1.807, 2.05) is 30.3 Å². The Morgan fingerprint density at radius 1 is 1.37 bits per heavy atom. The van der Waals surface area contributed by atoms with Crippen molar-refractivity contribution in [2.24, 2.45) is 0 Å². The number of hydrogen-bond acceptors (Lipinski definition) is 6. The van der Waals surface area contributed by atoms with Gasteiger partial charge in [0.05, 0.1) is 20.7 Å². The van der Waals surface area contributed by atoms with Crippen LogP contribution in [0.15, 0.2) is 29.6 Å². The van der Waals surface area contributed by atoms with E-state index in [1.165, 1.54) is 16.7 Å². The third-order valence-electron chi connectivity index (χ3n) is 2.57. The minimum absolute atomic E-state index is 0.0318. The average Bonchev–Trinajstić information content (AvgIpc) is 3.01. The molecular weight excluding hydrogens is 282 g/mol. The highest BCUT2D eigenvalue weighted by molar-refractivity contribution is 7.22. The van der Waals surface area contributed by atoms with E-state index in [2.05, 4.69) is 4.98 Å². The van der Waals surface area contributed by atoms with Gasteiger partial charge in [0.15, 0.2) is 0 Å². The van der Waals surface area contributed by atoms with Crippen molar-refractivity contribution in [2.45, 2.75) is 0 Å². The average molecular weight is 287 g/mol. The number of para-hydroxylation sites is 1. The van der Waals surface area contributed by atoms with E-state index in [1.54, 1.807) is 0 Å². The number of thiazole rings is 1. The van der Waals surface area contributed by atoms with E-state index in [4.69, 9.17) is 5.26 Å². The summed E-state index contributed by atoms with van der Waals surface area (Å²) in [5.74, 6) is 0. The molecule has 0 aliphatic carbocycles. The smallest absolute Gasteiger partial charge is 0.258 e. The summed E-state index contributed by atoms with van der Waals surface area (Å²) in [4.78, 5) is 14.9. The number of nitro groups is 1. The molecule has 92 valence electrons. The summed E-state index contributed by atoms with van der Waals surface area (Å²) in [7, 11) is 0. The fraction of sp³-hybridized carbons (Fsp3) is 0. The number of nitriles is 1. The number of benzene rings is 1. The number of nitrogens with zero attached hydrogens (tertiary/aromatic N) is 3. The molecule has 0 N–H and O–H groups in total. The summed E-state index contributed by atoms with van der Waals surface area (Å²) < 4.78 is 0.946. The maximum absolute atomic E-state index is 11.0. The Hall–Kier alpha value is -2.30. The molecule has 1 aromatic carbocycles. The predicted molar refractivity (Wildman–Crippen MR) is 74.3 cm³/mol. The zero-order valence-corrected chi connectivity index (χ0v) is 11.0. The Balaban J connectivity index is 2.29. The van der Waals surface area contributed by atoms with Gasteiger partial charge in [-0.25, -0.2) is 4.98 Å². The van der Waals surface area contributed by atoms with Gasteiger partial charge in [-0.05, 0) is 12.1 Å². The third kappa shape index (κ3) is 1.87. The summed E-state index contributed by atoms with van der Waals surface area (Å²) in [6.07, 6.45) is 0. The van der Waals surface area contributed by atoms with Crippen LogP contribution in [0.2, 0.25) is 0 Å². The van der Waals surface area contributed by atoms with E-state index in [9.17, 15) is 10.1 Å². The Labute approximate surface area is 115 Å². The number of thiophene rings is 1. The van der Waals surface area contributed by atoms with E-state index >= 15 is 0 Å². The standard InChI is InChI=1S/C12H5N3O2S2/c13-5-7-6-18-12(15(16)17)10(7)11-14-8-3-1-2-4-9(8)19-11/h1-4,6H. The SMILES string of the molecule is N#Cc1csc([N+](=O)[O-])c1-c1nc2ccccc2s1. The minimum Gasteiger partial charge on any atom is -0.258 e. The molecule has 0 aliphatic heterocycles. The molecule has 0 bridgehead atoms. The van der Waals surface area contributed by atoms with Crippen molar-refractivity contribution < 1.29 is 4.92 Å². The number of aromatic nitrogens is 1. The van der Waals surface area contributed by atoms with Gasteiger partial charge in [0.1, 0.15) is 16.6 Å². The van der Waals surface area contributed by atoms with Crippen molar-refractivity contribution in [2.75, 3.05) is 0 Å². The Bertz CT molecular complexity index is 796. The first kappa shape index (κ1) is 11.8. The minimum atomic E-state index is -0.465. The summed E-state index contributed by atoms with van der Waals surface area (Å²) in [5, 5.41) is 22.1. The van der Waals surface area contributed by atoms with Crippen LogP contribution < -0.4 is 0 Å². The predicted octanol–water partition coefficient (Wildman–Crippen LogP) is 3.80. The molecule has 0 saturated carbocycles. The lowest BCUT2D eigenvalue weighted by Gasteiger charge is -1.92. The van der Waals surface area contributed by atoms with Crippen LogP contribution in [-0.4, -0.2) is 9.91 Å². The monoisotopic (exact) mass is 287 g/mol. The zero-order valence-electron chi connectivity index (χ0n) is 9.36. The molecular formula is C12H5N3O2S2. The van der Waals surface area contributed by atoms with Crippen molar-refractivity contribution in [3.05, 3.63) is 45.3 Å². The highest BCUT2D eigenvalue weighted by atomic mass is 32.1. The second-order valence-electron chi connectivity index (χ2n) is 3.69. The molecule has 0 fully saturated rings. The molecule has 0 atom stereocenters. The van der Waals surface area contributed by atoms with Crippen LogP contribution in [-0.2, 0) is 0 Å². The van der Waals surface area contributed by atoms with Crippen LogP contribution in [0.3, 0.4) is 0 Å². The molecule has 2 aromatic heterocycles. The maximum Gasteiger partial charge on any atom is 0.335 e. The quantitative estimate of drug-likeness (QED) is 0.530. The summed E-state index contributed by atoms with van der Waals surface area (Å²) in [5.41, 5.74) is 1.42. The zero-order chi connectivity index (χ0) is 13.4. The fourth-order valence-electron chi connectivity index (χ4n) is 1.75. The Morgan fingerprint density at radius 2 is 2.16 bits per heavy atom. The van der Waals surface area contributed by atoms with Gasteiger partial charge < -0.3 is 0 Å². The van der Waals surface area contributed by atoms with Crippen molar-refractivity contribution in [3.63, 3.8) is 0 Å². The van der Waals surface area contributed by atoms with Crippen LogP contribution in [0.5, 0.6) is 0 Å². The lowest BCUT2D eigenvalue weighted by atomic mass is 10.2. The van der Waals surface area contributed by atoms with Gasteiger partial charge >= 0.3 is 5.00 Å². The molecule has 19 heavy (non-hydrogen) atoms. The molecule has 3 aromatic rings. The van der Waals surface area contributed by atoms with E-state index in [0.717, 1.165) is 21.6 Å². The maximum atomic E-state index is 11.0. The van der Waals surface area contributed by atoms with Crippen molar-refractivity contribution in [3.8, 4) is 16.6 Å². The number of rotatable bonds is 2. The van der Waals surface area contributed by atoms with Crippen LogP contribution in [0.25, 0.3) is 20.8 Å². The molecule has 5 nitrogen and oxygen atoms in total. The van der Waals surface area contributed by atoms with Gasteiger partial charge in [0, 0.05) is 5.38 Å². The molecule has 2 heterocycles. The molecule has 0 saturated heterocycles. The van der Waals surface area contributed by atoms with Gasteiger partial charge in [-0.3, -0.25) is 10.1 Å². The van der Waals surface area contributed by atoms with Crippen molar-refractivity contribution in [1.29, 1.82) is 5.26 Å². The molecule has 0 amide bonds. The van der Waals surface area contributed by atoms with Crippen LogP contribution in [0.4, 0.5) is 5.00 Å². The van der Waals surface area contributed by atoms with Gasteiger partial charge in [0.25, 0.3) is 0 Å². The lowest BCUT2D eigenvalue weighted by molar-refractivity contribution is -0.379. The summed E-state index contributed by atoms with van der Waals surface area (Å²) >= 11 is 2.31.